The van der Waals surface area contributed by atoms with Crippen molar-refractivity contribution in [3.05, 3.63) is 30.3 Å². The van der Waals surface area contributed by atoms with Crippen molar-refractivity contribution < 1.29 is 0 Å². The predicted molar refractivity (Wildman–Crippen MR) is 106 cm³/mol. The molecule has 1 aliphatic rings. The van der Waals surface area contributed by atoms with Gasteiger partial charge in [0, 0.05) is 25.3 Å². The lowest BCUT2D eigenvalue weighted by atomic mass is 10.1. The van der Waals surface area contributed by atoms with Crippen LogP contribution in [0.3, 0.4) is 0 Å². The number of piperidine rings is 1. The number of nitrogens with one attached hydrogen (secondary N) is 1. The molecule has 0 aliphatic carbocycles. The van der Waals surface area contributed by atoms with Crippen molar-refractivity contribution in [1.29, 1.82) is 0 Å². The Morgan fingerprint density at radius 2 is 1.90 bits per heavy atom. The topological polar surface area (TPSA) is 27.6 Å². The fraction of sp³-hybridized carbons (Fsp3) is 0.562. The normalized spacial score (nSPS) is 15.5. The first-order valence-electron chi connectivity index (χ1n) is 7.50. The third kappa shape index (κ3) is 6.91. The number of hydrogen-bond donors (Lipinski definition) is 1. The number of nitrogens with zero attached hydrogens (tertiary/aromatic N) is 2. The highest BCUT2D eigenvalue weighted by Crippen LogP contribution is 2.12. The van der Waals surface area contributed by atoms with Crippen molar-refractivity contribution in [2.24, 2.45) is 4.99 Å². The van der Waals surface area contributed by atoms with Crippen LogP contribution in [-0.2, 0) is 0 Å². The molecule has 0 radical (unpaired) electrons. The fourth-order valence-corrected chi connectivity index (χ4v) is 2.79. The average Bonchev–Trinajstić information content (AvgIpc) is 2.52. The minimum atomic E-state index is 0. The summed E-state index contributed by atoms with van der Waals surface area (Å²) in [5.41, 5.74) is 1.13. The lowest BCUT2D eigenvalue weighted by Gasteiger charge is -2.30. The Morgan fingerprint density at radius 1 is 1.19 bits per heavy atom. The number of thioether (sulfide) groups is 1. The number of likely N-dealkylation sites (tertiary alicyclic amines) is 1. The van der Waals surface area contributed by atoms with Gasteiger partial charge in [-0.05, 0) is 49.8 Å². The quantitative estimate of drug-likeness (QED) is 0.334. The SMILES string of the molecule is CSCCCN=C(Nc1ccccc1)N1CCCCC1.I. The van der Waals surface area contributed by atoms with E-state index in [0.29, 0.717) is 0 Å². The van der Waals surface area contributed by atoms with E-state index in [1.54, 1.807) is 0 Å². The lowest BCUT2D eigenvalue weighted by Crippen LogP contribution is -2.40. The van der Waals surface area contributed by atoms with Crippen molar-refractivity contribution >= 4 is 47.4 Å². The summed E-state index contributed by atoms with van der Waals surface area (Å²) in [4.78, 5) is 7.20. The molecule has 1 aromatic carbocycles. The van der Waals surface area contributed by atoms with Crippen molar-refractivity contribution in [3.63, 3.8) is 0 Å². The summed E-state index contributed by atoms with van der Waals surface area (Å²) >= 11 is 1.89. The molecule has 3 nitrogen and oxygen atoms in total. The molecule has 1 N–H and O–H groups in total. The summed E-state index contributed by atoms with van der Waals surface area (Å²) in [5, 5.41) is 3.49. The highest BCUT2D eigenvalue weighted by Gasteiger charge is 2.14. The number of benzene rings is 1. The van der Waals surface area contributed by atoms with Gasteiger partial charge in [0.05, 0.1) is 0 Å². The van der Waals surface area contributed by atoms with Crippen molar-refractivity contribution in [2.75, 3.05) is 37.0 Å². The second kappa shape index (κ2) is 11.2. The molecule has 0 atom stereocenters. The molecule has 2 rings (SSSR count). The molecule has 1 heterocycles. The van der Waals surface area contributed by atoms with E-state index >= 15 is 0 Å². The first-order chi connectivity index (χ1) is 9.90. The van der Waals surface area contributed by atoms with E-state index in [2.05, 4.69) is 40.7 Å². The molecule has 0 amide bonds. The summed E-state index contributed by atoms with van der Waals surface area (Å²) in [6.45, 7) is 3.16. The van der Waals surface area contributed by atoms with E-state index < -0.39 is 0 Å². The zero-order valence-corrected chi connectivity index (χ0v) is 15.9. The number of anilines is 1. The van der Waals surface area contributed by atoms with Crippen LogP contribution in [0.4, 0.5) is 5.69 Å². The Balaban J connectivity index is 0.00000220. The Kier molecular flexibility index (Phi) is 9.91. The van der Waals surface area contributed by atoms with E-state index in [9.17, 15) is 0 Å². The third-order valence-electron chi connectivity index (χ3n) is 3.45. The molecule has 118 valence electrons. The second-order valence-corrected chi connectivity index (χ2v) is 6.08. The third-order valence-corrected chi connectivity index (χ3v) is 4.15. The van der Waals surface area contributed by atoms with Gasteiger partial charge in [-0.15, -0.1) is 24.0 Å². The number of para-hydroxylation sites is 1. The second-order valence-electron chi connectivity index (χ2n) is 5.09. The number of rotatable bonds is 5. The highest BCUT2D eigenvalue weighted by molar-refractivity contribution is 14.0. The summed E-state index contributed by atoms with van der Waals surface area (Å²) in [7, 11) is 0. The number of guanidine groups is 1. The van der Waals surface area contributed by atoms with Crippen LogP contribution < -0.4 is 5.32 Å². The van der Waals surface area contributed by atoms with Crippen LogP contribution in [0, 0.1) is 0 Å². The maximum atomic E-state index is 4.80. The molecule has 5 heteroatoms. The Bertz CT molecular complexity index is 405. The summed E-state index contributed by atoms with van der Waals surface area (Å²) in [5.74, 6) is 2.24. The van der Waals surface area contributed by atoms with Gasteiger partial charge < -0.3 is 10.2 Å². The van der Waals surface area contributed by atoms with Crippen LogP contribution in [0.15, 0.2) is 35.3 Å². The molecular formula is C16H26IN3S. The van der Waals surface area contributed by atoms with Crippen molar-refractivity contribution in [2.45, 2.75) is 25.7 Å². The molecule has 0 aromatic heterocycles. The molecular weight excluding hydrogens is 393 g/mol. The molecule has 1 saturated heterocycles. The van der Waals surface area contributed by atoms with Crippen LogP contribution in [0.25, 0.3) is 0 Å². The average molecular weight is 419 g/mol. The van der Waals surface area contributed by atoms with E-state index in [4.69, 9.17) is 4.99 Å². The van der Waals surface area contributed by atoms with Gasteiger partial charge >= 0.3 is 0 Å². The minimum absolute atomic E-state index is 0. The largest absolute Gasteiger partial charge is 0.343 e. The van der Waals surface area contributed by atoms with Gasteiger partial charge in [0.1, 0.15) is 0 Å². The van der Waals surface area contributed by atoms with Crippen LogP contribution in [0.5, 0.6) is 0 Å². The van der Waals surface area contributed by atoms with Gasteiger partial charge in [0.25, 0.3) is 0 Å². The first kappa shape index (κ1) is 18.6. The van der Waals surface area contributed by atoms with E-state index in [-0.39, 0.29) is 24.0 Å². The summed E-state index contributed by atoms with van der Waals surface area (Å²) in [6, 6.07) is 10.4. The van der Waals surface area contributed by atoms with Crippen LogP contribution in [-0.4, -0.2) is 42.5 Å². The number of halogens is 1. The molecule has 1 aromatic rings. The standard InChI is InChI=1S/C16H25N3S.HI/c1-20-14-8-11-17-16(19-12-6-3-7-13-19)18-15-9-4-2-5-10-15;/h2,4-5,9-10H,3,6-8,11-14H2,1H3,(H,17,18);1H. The van der Waals surface area contributed by atoms with Crippen LogP contribution in [0.1, 0.15) is 25.7 Å². The molecule has 0 spiro atoms. The molecule has 0 bridgehead atoms. The molecule has 0 saturated carbocycles. The zero-order valence-electron chi connectivity index (χ0n) is 12.8. The van der Waals surface area contributed by atoms with Crippen LogP contribution in [0.2, 0.25) is 0 Å². The monoisotopic (exact) mass is 419 g/mol. The maximum Gasteiger partial charge on any atom is 0.198 e. The maximum absolute atomic E-state index is 4.80. The van der Waals surface area contributed by atoms with Crippen LogP contribution >= 0.6 is 35.7 Å². The Labute approximate surface area is 150 Å². The molecule has 21 heavy (non-hydrogen) atoms. The van der Waals surface area contributed by atoms with Gasteiger partial charge in [0.15, 0.2) is 5.96 Å². The highest BCUT2D eigenvalue weighted by atomic mass is 127. The predicted octanol–water partition coefficient (Wildman–Crippen LogP) is 4.31. The van der Waals surface area contributed by atoms with Crippen molar-refractivity contribution in [1.82, 2.24) is 4.90 Å². The van der Waals surface area contributed by atoms with E-state index in [0.717, 1.165) is 37.7 Å². The van der Waals surface area contributed by atoms with Gasteiger partial charge in [-0.1, -0.05) is 18.2 Å². The van der Waals surface area contributed by atoms with Gasteiger partial charge in [0.2, 0.25) is 0 Å². The fourth-order valence-electron chi connectivity index (χ4n) is 2.37. The van der Waals surface area contributed by atoms with Gasteiger partial charge in [-0.25, -0.2) is 0 Å². The summed E-state index contributed by atoms with van der Waals surface area (Å²) in [6.07, 6.45) is 7.20. The van der Waals surface area contributed by atoms with E-state index in [1.165, 1.54) is 25.0 Å². The molecule has 1 aliphatic heterocycles. The van der Waals surface area contributed by atoms with Gasteiger partial charge in [-0.2, -0.15) is 11.8 Å². The number of hydrogen-bond acceptors (Lipinski definition) is 2. The summed E-state index contributed by atoms with van der Waals surface area (Å²) < 4.78 is 0. The molecule has 1 fully saturated rings. The minimum Gasteiger partial charge on any atom is -0.343 e. The van der Waals surface area contributed by atoms with Gasteiger partial charge in [-0.3, -0.25) is 4.99 Å². The number of aliphatic imine (C=N–C) groups is 1. The zero-order chi connectivity index (χ0) is 14.0. The lowest BCUT2D eigenvalue weighted by molar-refractivity contribution is 0.340. The first-order valence-corrected chi connectivity index (χ1v) is 8.90. The van der Waals surface area contributed by atoms with E-state index in [1.807, 2.05) is 17.8 Å². The smallest absolute Gasteiger partial charge is 0.198 e. The Morgan fingerprint density at radius 3 is 2.57 bits per heavy atom. The molecule has 0 unspecified atom stereocenters. The van der Waals surface area contributed by atoms with Crippen molar-refractivity contribution in [3.8, 4) is 0 Å². The Hall–Kier alpha value is -0.430.